The molecule has 0 bridgehead atoms. The fourth-order valence-electron chi connectivity index (χ4n) is 1.70. The number of ether oxygens (including phenoxy) is 1. The summed E-state index contributed by atoms with van der Waals surface area (Å²) >= 11 is 6.61. The van der Waals surface area contributed by atoms with Crippen molar-refractivity contribution in [3.63, 3.8) is 0 Å². The van der Waals surface area contributed by atoms with E-state index < -0.39 is 9.05 Å². The minimum Gasteiger partial charge on any atom is -0.491 e. The highest BCUT2D eigenvalue weighted by Gasteiger charge is 2.16. The molecule has 0 unspecified atom stereocenters. The quantitative estimate of drug-likeness (QED) is 0.390. The Morgan fingerprint density at radius 1 is 1.10 bits per heavy atom. The molecular formula is C13H17Br2ClO3S. The van der Waals surface area contributed by atoms with Crippen LogP contribution in [0.2, 0.25) is 0 Å². The number of hydrogen-bond acceptors (Lipinski definition) is 3. The molecule has 0 spiro atoms. The van der Waals surface area contributed by atoms with Crippen LogP contribution in [0.15, 0.2) is 26.0 Å². The maximum absolute atomic E-state index is 11.3. The summed E-state index contributed by atoms with van der Waals surface area (Å²) < 4.78 is 29.4. The highest BCUT2D eigenvalue weighted by atomic mass is 79.9. The fraction of sp³-hybridized carbons (Fsp3) is 0.538. The van der Waals surface area contributed by atoms with Crippen molar-refractivity contribution >= 4 is 51.6 Å². The van der Waals surface area contributed by atoms with Crippen LogP contribution < -0.4 is 4.74 Å². The summed E-state index contributed by atoms with van der Waals surface area (Å²) in [6.07, 6.45) is 5.79. The van der Waals surface area contributed by atoms with Crippen molar-refractivity contribution in [3.05, 3.63) is 21.1 Å². The van der Waals surface area contributed by atoms with Gasteiger partial charge in [0.2, 0.25) is 0 Å². The molecule has 20 heavy (non-hydrogen) atoms. The molecule has 0 heterocycles. The summed E-state index contributed by atoms with van der Waals surface area (Å²) in [5.74, 6) is 0.601. The normalized spacial score (nSPS) is 11.6. The van der Waals surface area contributed by atoms with Gasteiger partial charge in [-0.15, -0.1) is 0 Å². The number of hydrogen-bond donors (Lipinski definition) is 0. The van der Waals surface area contributed by atoms with Gasteiger partial charge in [-0.1, -0.05) is 32.6 Å². The molecular weight excluding hydrogens is 431 g/mol. The molecule has 0 saturated carbocycles. The van der Waals surface area contributed by atoms with E-state index in [1.54, 1.807) is 0 Å². The van der Waals surface area contributed by atoms with Gasteiger partial charge in [-0.2, -0.15) is 0 Å². The lowest BCUT2D eigenvalue weighted by Gasteiger charge is -2.11. The molecule has 0 saturated heterocycles. The molecule has 0 aliphatic heterocycles. The van der Waals surface area contributed by atoms with Gasteiger partial charge in [-0.25, -0.2) is 8.42 Å². The molecule has 0 aromatic heterocycles. The number of rotatable bonds is 8. The summed E-state index contributed by atoms with van der Waals surface area (Å²) in [5, 5.41) is 0. The van der Waals surface area contributed by atoms with Crippen LogP contribution in [0.4, 0.5) is 0 Å². The SMILES string of the molecule is CCCCCCCOc1c(Br)cc(S(=O)(=O)Cl)cc1Br. The van der Waals surface area contributed by atoms with Gasteiger partial charge in [0.1, 0.15) is 5.75 Å². The predicted octanol–water partition coefficient (Wildman–Crippen LogP) is 5.49. The molecule has 1 rings (SSSR count). The number of unbranched alkanes of at least 4 members (excludes halogenated alkanes) is 4. The third-order valence-electron chi connectivity index (χ3n) is 2.75. The summed E-state index contributed by atoms with van der Waals surface area (Å²) in [4.78, 5) is 0.0354. The average Bonchev–Trinajstić information content (AvgIpc) is 2.34. The van der Waals surface area contributed by atoms with Gasteiger partial charge in [-0.3, -0.25) is 0 Å². The molecule has 114 valence electrons. The van der Waals surface area contributed by atoms with Gasteiger partial charge in [0, 0.05) is 10.7 Å². The second-order valence-electron chi connectivity index (χ2n) is 4.42. The molecule has 0 aliphatic carbocycles. The van der Waals surface area contributed by atoms with Crippen molar-refractivity contribution in [1.29, 1.82) is 0 Å². The van der Waals surface area contributed by atoms with E-state index in [1.807, 2.05) is 0 Å². The molecule has 0 fully saturated rings. The van der Waals surface area contributed by atoms with E-state index >= 15 is 0 Å². The van der Waals surface area contributed by atoms with Crippen LogP contribution in [-0.4, -0.2) is 15.0 Å². The van der Waals surface area contributed by atoms with Gasteiger partial charge in [0.15, 0.2) is 0 Å². The highest BCUT2D eigenvalue weighted by molar-refractivity contribution is 9.11. The average molecular weight is 449 g/mol. The first-order chi connectivity index (χ1) is 9.36. The van der Waals surface area contributed by atoms with Crippen molar-refractivity contribution in [2.45, 2.75) is 43.9 Å². The maximum Gasteiger partial charge on any atom is 0.261 e. The van der Waals surface area contributed by atoms with E-state index in [0.717, 1.165) is 12.8 Å². The Balaban J connectivity index is 2.63. The Bertz CT molecular complexity index is 524. The van der Waals surface area contributed by atoms with E-state index in [9.17, 15) is 8.42 Å². The minimum atomic E-state index is -3.74. The van der Waals surface area contributed by atoms with Gasteiger partial charge in [0.05, 0.1) is 20.4 Å². The number of benzene rings is 1. The zero-order chi connectivity index (χ0) is 15.2. The third-order valence-corrected chi connectivity index (χ3v) is 5.26. The molecule has 1 aromatic carbocycles. The zero-order valence-electron chi connectivity index (χ0n) is 11.2. The summed E-state index contributed by atoms with van der Waals surface area (Å²) in [5.41, 5.74) is 0. The van der Waals surface area contributed by atoms with E-state index in [1.165, 1.54) is 31.4 Å². The molecule has 0 aliphatic rings. The molecule has 0 atom stereocenters. The monoisotopic (exact) mass is 446 g/mol. The van der Waals surface area contributed by atoms with Crippen molar-refractivity contribution < 1.29 is 13.2 Å². The standard InChI is InChI=1S/C13H17Br2ClO3S/c1-2-3-4-5-6-7-19-13-11(14)8-10(9-12(13)15)20(16,17)18/h8-9H,2-7H2,1H3. The third kappa shape index (κ3) is 5.92. The second kappa shape index (κ2) is 8.61. The summed E-state index contributed by atoms with van der Waals surface area (Å²) in [6.45, 7) is 2.78. The first-order valence-electron chi connectivity index (χ1n) is 6.42. The van der Waals surface area contributed by atoms with Crippen LogP contribution >= 0.6 is 42.5 Å². The van der Waals surface area contributed by atoms with Crippen LogP contribution in [0.3, 0.4) is 0 Å². The lowest BCUT2D eigenvalue weighted by Crippen LogP contribution is -2.00. The Morgan fingerprint density at radius 3 is 2.15 bits per heavy atom. The Morgan fingerprint density at radius 2 is 1.65 bits per heavy atom. The van der Waals surface area contributed by atoms with Crippen LogP contribution in [-0.2, 0) is 9.05 Å². The smallest absolute Gasteiger partial charge is 0.261 e. The van der Waals surface area contributed by atoms with Gasteiger partial charge >= 0.3 is 0 Å². The van der Waals surface area contributed by atoms with E-state index in [2.05, 4.69) is 38.8 Å². The van der Waals surface area contributed by atoms with Gasteiger partial charge in [-0.05, 0) is 50.4 Å². The Hall–Kier alpha value is 0.220. The summed E-state index contributed by atoms with van der Waals surface area (Å²) in [7, 11) is 1.58. The lowest BCUT2D eigenvalue weighted by molar-refractivity contribution is 0.301. The fourth-order valence-corrected chi connectivity index (χ4v) is 4.20. The first kappa shape index (κ1) is 18.3. The maximum atomic E-state index is 11.3. The van der Waals surface area contributed by atoms with Crippen molar-refractivity contribution in [3.8, 4) is 5.75 Å². The highest BCUT2D eigenvalue weighted by Crippen LogP contribution is 2.37. The largest absolute Gasteiger partial charge is 0.491 e. The lowest BCUT2D eigenvalue weighted by atomic mass is 10.2. The zero-order valence-corrected chi connectivity index (χ0v) is 15.9. The predicted molar refractivity (Wildman–Crippen MR) is 89.1 cm³/mol. The molecule has 7 heteroatoms. The van der Waals surface area contributed by atoms with E-state index in [0.29, 0.717) is 21.3 Å². The first-order valence-corrected chi connectivity index (χ1v) is 10.3. The van der Waals surface area contributed by atoms with Crippen molar-refractivity contribution in [2.24, 2.45) is 0 Å². The van der Waals surface area contributed by atoms with Crippen LogP contribution in [0.1, 0.15) is 39.0 Å². The topological polar surface area (TPSA) is 43.4 Å². The van der Waals surface area contributed by atoms with E-state index in [4.69, 9.17) is 15.4 Å². The molecule has 3 nitrogen and oxygen atoms in total. The Kier molecular flexibility index (Phi) is 7.87. The second-order valence-corrected chi connectivity index (χ2v) is 8.69. The minimum absolute atomic E-state index is 0.0354. The molecule has 0 N–H and O–H groups in total. The van der Waals surface area contributed by atoms with Crippen molar-refractivity contribution in [2.75, 3.05) is 6.61 Å². The molecule has 0 radical (unpaired) electrons. The number of halogens is 3. The van der Waals surface area contributed by atoms with Crippen LogP contribution in [0.5, 0.6) is 5.75 Å². The van der Waals surface area contributed by atoms with Gasteiger partial charge in [0.25, 0.3) is 9.05 Å². The Labute approximate surface area is 141 Å². The molecule has 0 amide bonds. The van der Waals surface area contributed by atoms with Crippen LogP contribution in [0.25, 0.3) is 0 Å². The van der Waals surface area contributed by atoms with Crippen molar-refractivity contribution in [1.82, 2.24) is 0 Å². The summed E-state index contributed by atoms with van der Waals surface area (Å²) in [6, 6.07) is 2.89. The van der Waals surface area contributed by atoms with Crippen LogP contribution in [0, 0.1) is 0 Å². The van der Waals surface area contributed by atoms with Gasteiger partial charge < -0.3 is 4.74 Å². The van der Waals surface area contributed by atoms with E-state index in [-0.39, 0.29) is 4.90 Å². The molecule has 1 aromatic rings.